The summed E-state index contributed by atoms with van der Waals surface area (Å²) in [5.41, 5.74) is -0.484. The van der Waals surface area contributed by atoms with Gasteiger partial charge in [0.05, 0.1) is 4.83 Å². The monoisotopic (exact) mass is 291 g/mol. The number of nitrogens with one attached hydrogen (secondary N) is 1. The minimum atomic E-state index is -0.484. The number of Topliss-reactive ketones (excluding diaryl/α,β-unsaturated/α-hetero) is 1. The zero-order chi connectivity index (χ0) is 12.3. The molecule has 0 spiro atoms. The van der Waals surface area contributed by atoms with Gasteiger partial charge in [0.15, 0.2) is 0 Å². The average Bonchev–Trinajstić information content (AvgIpc) is 2.08. The molecule has 0 unspecified atom stereocenters. The normalized spacial score (nSPS) is 26.4. The molecule has 1 rings (SSSR count). The van der Waals surface area contributed by atoms with E-state index in [0.29, 0.717) is 19.3 Å². The molecule has 92 valence electrons. The maximum absolute atomic E-state index is 11.5. The fourth-order valence-corrected chi connectivity index (χ4v) is 2.26. The summed E-state index contributed by atoms with van der Waals surface area (Å²) >= 11 is 3.30. The molecule has 4 nitrogen and oxygen atoms in total. The quantitative estimate of drug-likeness (QED) is 0.755. The Labute approximate surface area is 104 Å². The lowest BCUT2D eigenvalue weighted by Crippen LogP contribution is -2.43. The molecule has 1 aliphatic carbocycles. The zero-order valence-electron chi connectivity index (χ0n) is 9.88. The molecule has 0 bridgehead atoms. The van der Waals surface area contributed by atoms with Crippen molar-refractivity contribution in [1.82, 2.24) is 5.32 Å². The number of hydrogen-bond acceptors (Lipinski definition) is 3. The number of hydrogen-bond donors (Lipinski definition) is 1. The van der Waals surface area contributed by atoms with E-state index in [9.17, 15) is 9.59 Å². The highest BCUT2D eigenvalue weighted by atomic mass is 79.9. The van der Waals surface area contributed by atoms with Gasteiger partial charge in [-0.05, 0) is 33.6 Å². The first-order valence-electron chi connectivity index (χ1n) is 5.44. The minimum Gasteiger partial charge on any atom is -0.444 e. The first-order valence-corrected chi connectivity index (χ1v) is 6.36. The van der Waals surface area contributed by atoms with Crippen LogP contribution in [0.15, 0.2) is 0 Å². The Morgan fingerprint density at radius 1 is 1.50 bits per heavy atom. The van der Waals surface area contributed by atoms with E-state index >= 15 is 0 Å². The van der Waals surface area contributed by atoms with Crippen LogP contribution >= 0.6 is 15.9 Å². The molecule has 1 aliphatic rings. The summed E-state index contributed by atoms with van der Waals surface area (Å²) in [6.45, 7) is 5.47. The number of ketones is 1. The van der Waals surface area contributed by atoms with Crippen molar-refractivity contribution in [3.63, 3.8) is 0 Å². The van der Waals surface area contributed by atoms with Crippen LogP contribution < -0.4 is 5.32 Å². The number of ether oxygens (including phenoxy) is 1. The van der Waals surface area contributed by atoms with Gasteiger partial charge >= 0.3 is 6.09 Å². The molecular weight excluding hydrogens is 274 g/mol. The summed E-state index contributed by atoms with van der Waals surface area (Å²) in [5.74, 6) is 0.210. The lowest BCUT2D eigenvalue weighted by atomic mass is 9.94. The van der Waals surface area contributed by atoms with Crippen LogP contribution in [0.25, 0.3) is 0 Å². The maximum Gasteiger partial charge on any atom is 0.407 e. The second kappa shape index (κ2) is 5.17. The van der Waals surface area contributed by atoms with Gasteiger partial charge in [0, 0.05) is 12.5 Å². The molecule has 1 saturated carbocycles. The van der Waals surface area contributed by atoms with Gasteiger partial charge in [-0.1, -0.05) is 15.9 Å². The van der Waals surface area contributed by atoms with Gasteiger partial charge in [-0.2, -0.15) is 0 Å². The standard InChI is InChI=1S/C11H18BrNO3/c1-11(2,3)16-10(15)13-7-4-5-9(14)8(12)6-7/h7-8H,4-6H2,1-3H3,(H,13,15)/t7-,8+/m1/s1. The predicted molar refractivity (Wildman–Crippen MR) is 64.7 cm³/mol. The summed E-state index contributed by atoms with van der Waals surface area (Å²) in [5, 5.41) is 2.78. The molecule has 0 aliphatic heterocycles. The zero-order valence-corrected chi connectivity index (χ0v) is 11.5. The number of alkyl carbamates (subject to hydrolysis) is 1. The molecule has 0 aromatic heterocycles. The van der Waals surface area contributed by atoms with Crippen LogP contribution in [0.3, 0.4) is 0 Å². The number of carbonyl (C=O) groups is 2. The van der Waals surface area contributed by atoms with Crippen LogP contribution in [-0.4, -0.2) is 28.3 Å². The summed E-state index contributed by atoms with van der Waals surface area (Å²) in [4.78, 5) is 22.6. The summed E-state index contributed by atoms with van der Waals surface area (Å²) in [6, 6.07) is 0.0249. The second-order valence-corrected chi connectivity index (χ2v) is 6.16. The Bertz CT molecular complexity index is 285. The van der Waals surface area contributed by atoms with E-state index in [4.69, 9.17) is 4.74 Å². The number of carbonyl (C=O) groups excluding carboxylic acids is 2. The van der Waals surface area contributed by atoms with Gasteiger partial charge in [-0.25, -0.2) is 4.79 Å². The smallest absolute Gasteiger partial charge is 0.407 e. The molecule has 1 fully saturated rings. The largest absolute Gasteiger partial charge is 0.444 e. The molecule has 5 heteroatoms. The van der Waals surface area contributed by atoms with E-state index < -0.39 is 11.7 Å². The van der Waals surface area contributed by atoms with E-state index in [1.165, 1.54) is 0 Å². The van der Waals surface area contributed by atoms with E-state index in [0.717, 1.165) is 0 Å². The average molecular weight is 292 g/mol. The SMILES string of the molecule is CC(C)(C)OC(=O)N[C@@H]1CCC(=O)[C@@H](Br)C1. The Balaban J connectivity index is 2.38. The van der Waals surface area contributed by atoms with E-state index in [2.05, 4.69) is 21.2 Å². The van der Waals surface area contributed by atoms with Gasteiger partial charge in [0.2, 0.25) is 0 Å². The summed E-state index contributed by atoms with van der Waals surface area (Å²) in [6.07, 6.45) is 1.43. The Kier molecular flexibility index (Phi) is 4.35. The molecule has 1 amide bonds. The molecular formula is C11H18BrNO3. The van der Waals surface area contributed by atoms with Gasteiger partial charge in [-0.15, -0.1) is 0 Å². The first kappa shape index (κ1) is 13.5. The number of alkyl halides is 1. The Morgan fingerprint density at radius 2 is 2.12 bits per heavy atom. The highest BCUT2D eigenvalue weighted by molar-refractivity contribution is 9.10. The van der Waals surface area contributed by atoms with Crippen LogP contribution in [0.4, 0.5) is 4.79 Å². The van der Waals surface area contributed by atoms with Crippen molar-refractivity contribution in [2.75, 3.05) is 0 Å². The van der Waals surface area contributed by atoms with Crippen LogP contribution in [0, 0.1) is 0 Å². The molecule has 0 aromatic carbocycles. The molecule has 0 radical (unpaired) electrons. The molecule has 16 heavy (non-hydrogen) atoms. The van der Waals surface area contributed by atoms with Gasteiger partial charge < -0.3 is 10.1 Å². The second-order valence-electron chi connectivity index (χ2n) is 5.05. The number of amides is 1. The molecule has 0 heterocycles. The van der Waals surface area contributed by atoms with Crippen molar-refractivity contribution in [2.45, 2.75) is 56.5 Å². The van der Waals surface area contributed by atoms with E-state index in [-0.39, 0.29) is 16.7 Å². The number of halogens is 1. The highest BCUT2D eigenvalue weighted by Gasteiger charge is 2.28. The van der Waals surface area contributed by atoms with Crippen LogP contribution in [0.1, 0.15) is 40.0 Å². The highest BCUT2D eigenvalue weighted by Crippen LogP contribution is 2.21. The third-order valence-corrected chi connectivity index (χ3v) is 3.19. The van der Waals surface area contributed by atoms with E-state index in [1.807, 2.05) is 20.8 Å². The van der Waals surface area contributed by atoms with Crippen molar-refractivity contribution in [2.24, 2.45) is 0 Å². The van der Waals surface area contributed by atoms with Crippen LogP contribution in [0.2, 0.25) is 0 Å². The lowest BCUT2D eigenvalue weighted by molar-refractivity contribution is -0.119. The van der Waals surface area contributed by atoms with Crippen molar-refractivity contribution in [3.8, 4) is 0 Å². The fourth-order valence-electron chi connectivity index (χ4n) is 1.58. The minimum absolute atomic E-state index is 0.0249. The first-order chi connectivity index (χ1) is 7.28. The molecule has 2 atom stereocenters. The lowest BCUT2D eigenvalue weighted by Gasteiger charge is -2.27. The van der Waals surface area contributed by atoms with Gasteiger partial charge in [-0.3, -0.25) is 4.79 Å². The van der Waals surface area contributed by atoms with E-state index in [1.54, 1.807) is 0 Å². The third kappa shape index (κ3) is 4.51. The Morgan fingerprint density at radius 3 is 2.62 bits per heavy atom. The van der Waals surface area contributed by atoms with Crippen LogP contribution in [0.5, 0.6) is 0 Å². The van der Waals surface area contributed by atoms with Crippen molar-refractivity contribution in [1.29, 1.82) is 0 Å². The van der Waals surface area contributed by atoms with Crippen molar-refractivity contribution >= 4 is 27.8 Å². The van der Waals surface area contributed by atoms with Crippen molar-refractivity contribution in [3.05, 3.63) is 0 Å². The number of rotatable bonds is 1. The van der Waals surface area contributed by atoms with Crippen molar-refractivity contribution < 1.29 is 14.3 Å². The summed E-state index contributed by atoms with van der Waals surface area (Å²) in [7, 11) is 0. The summed E-state index contributed by atoms with van der Waals surface area (Å²) < 4.78 is 5.15. The molecule has 1 N–H and O–H groups in total. The fraction of sp³-hybridized carbons (Fsp3) is 0.818. The topological polar surface area (TPSA) is 55.4 Å². The third-order valence-electron chi connectivity index (χ3n) is 2.30. The van der Waals surface area contributed by atoms with Gasteiger partial charge in [0.1, 0.15) is 11.4 Å². The van der Waals surface area contributed by atoms with Gasteiger partial charge in [0.25, 0.3) is 0 Å². The van der Waals surface area contributed by atoms with Crippen LogP contribution in [-0.2, 0) is 9.53 Å². The molecule has 0 aromatic rings. The maximum atomic E-state index is 11.5. The Hall–Kier alpha value is -0.580. The molecule has 0 saturated heterocycles. The predicted octanol–water partition coefficient (Wildman–Crippen LogP) is 2.40.